The van der Waals surface area contributed by atoms with Gasteiger partial charge < -0.3 is 4.74 Å². The van der Waals surface area contributed by atoms with Gasteiger partial charge in [-0.1, -0.05) is 17.7 Å². The van der Waals surface area contributed by atoms with Gasteiger partial charge in [-0.3, -0.25) is 0 Å². The summed E-state index contributed by atoms with van der Waals surface area (Å²) in [7, 11) is 1.38. The van der Waals surface area contributed by atoms with Crippen LogP contribution in [0.4, 0.5) is 0 Å². The largest absolute Gasteiger partial charge is 0.465 e. The number of ether oxygens (including phenoxy) is 1. The van der Waals surface area contributed by atoms with Crippen LogP contribution in [0.2, 0.25) is 5.02 Å². The van der Waals surface area contributed by atoms with Crippen molar-refractivity contribution in [1.82, 2.24) is 0 Å². The lowest BCUT2D eigenvalue weighted by atomic mass is 10.1. The summed E-state index contributed by atoms with van der Waals surface area (Å²) in [5.74, 6) is -0.301. The van der Waals surface area contributed by atoms with Gasteiger partial charge in [0.1, 0.15) is 4.88 Å². The number of hydrogen-bond donors (Lipinski definition) is 0. The number of hydrogen-bond acceptors (Lipinski definition) is 3. The lowest BCUT2D eigenvalue weighted by molar-refractivity contribution is 0.0605. The number of thiophene rings is 1. The van der Waals surface area contributed by atoms with Crippen molar-refractivity contribution in [2.75, 3.05) is 7.11 Å². The maximum absolute atomic E-state index is 11.5. The van der Waals surface area contributed by atoms with Crippen molar-refractivity contribution in [1.29, 1.82) is 0 Å². The number of methoxy groups -OCH3 is 1. The van der Waals surface area contributed by atoms with E-state index in [9.17, 15) is 4.79 Å². The highest BCUT2D eigenvalue weighted by molar-refractivity contribution is 7.21. The monoisotopic (exact) mass is 240 g/mol. The van der Waals surface area contributed by atoms with Crippen molar-refractivity contribution in [3.05, 3.63) is 33.7 Å². The van der Waals surface area contributed by atoms with Gasteiger partial charge in [-0.2, -0.15) is 0 Å². The molecule has 0 aliphatic rings. The maximum atomic E-state index is 11.5. The highest BCUT2D eigenvalue weighted by Crippen LogP contribution is 2.35. The lowest BCUT2D eigenvalue weighted by Gasteiger charge is -1.97. The number of benzene rings is 1. The molecule has 0 amide bonds. The quantitative estimate of drug-likeness (QED) is 0.712. The van der Waals surface area contributed by atoms with Crippen LogP contribution in [-0.4, -0.2) is 13.1 Å². The first-order chi connectivity index (χ1) is 7.15. The lowest BCUT2D eigenvalue weighted by Crippen LogP contribution is -1.99. The molecule has 1 aromatic carbocycles. The molecule has 1 heterocycles. The maximum Gasteiger partial charge on any atom is 0.348 e. The van der Waals surface area contributed by atoms with Crippen molar-refractivity contribution in [2.45, 2.75) is 6.92 Å². The number of halogens is 1. The van der Waals surface area contributed by atoms with Crippen molar-refractivity contribution < 1.29 is 9.53 Å². The van der Waals surface area contributed by atoms with E-state index < -0.39 is 0 Å². The van der Waals surface area contributed by atoms with E-state index in [-0.39, 0.29) is 5.97 Å². The Labute approximate surface area is 96.4 Å². The summed E-state index contributed by atoms with van der Waals surface area (Å²) in [4.78, 5) is 12.1. The van der Waals surface area contributed by atoms with E-state index in [1.165, 1.54) is 18.4 Å². The minimum atomic E-state index is -0.301. The van der Waals surface area contributed by atoms with Crippen molar-refractivity contribution in [2.24, 2.45) is 0 Å². The molecule has 0 bridgehead atoms. The van der Waals surface area contributed by atoms with Crippen LogP contribution < -0.4 is 0 Å². The molecule has 0 fully saturated rings. The Balaban J connectivity index is 2.75. The second-order valence-electron chi connectivity index (χ2n) is 3.16. The van der Waals surface area contributed by atoms with Crippen LogP contribution >= 0.6 is 22.9 Å². The summed E-state index contributed by atoms with van der Waals surface area (Å²) in [5, 5.41) is 1.63. The summed E-state index contributed by atoms with van der Waals surface area (Å²) < 4.78 is 5.73. The van der Waals surface area contributed by atoms with Gasteiger partial charge in [0.25, 0.3) is 0 Å². The normalized spacial score (nSPS) is 10.6. The molecule has 4 heteroatoms. The zero-order valence-corrected chi connectivity index (χ0v) is 9.91. The van der Waals surface area contributed by atoms with Gasteiger partial charge in [0.2, 0.25) is 0 Å². The Hall–Kier alpha value is -1.06. The topological polar surface area (TPSA) is 26.3 Å². The first kappa shape index (κ1) is 10.5. The van der Waals surface area contributed by atoms with Gasteiger partial charge in [-0.15, -0.1) is 11.3 Å². The molecule has 1 aromatic heterocycles. The van der Waals surface area contributed by atoms with Crippen LogP contribution in [0.25, 0.3) is 10.1 Å². The minimum absolute atomic E-state index is 0.301. The van der Waals surface area contributed by atoms with Crippen LogP contribution in [0.1, 0.15) is 15.2 Å². The molecule has 2 aromatic rings. The highest BCUT2D eigenvalue weighted by Gasteiger charge is 2.16. The Kier molecular flexibility index (Phi) is 2.67. The van der Waals surface area contributed by atoms with Crippen LogP contribution in [0.3, 0.4) is 0 Å². The van der Waals surface area contributed by atoms with E-state index in [1.807, 2.05) is 25.1 Å². The fourth-order valence-corrected chi connectivity index (χ4v) is 3.07. The molecule has 15 heavy (non-hydrogen) atoms. The van der Waals surface area contributed by atoms with Gasteiger partial charge in [-0.05, 0) is 24.6 Å². The van der Waals surface area contributed by atoms with Gasteiger partial charge in [0.15, 0.2) is 0 Å². The van der Waals surface area contributed by atoms with Crippen molar-refractivity contribution >= 4 is 39.0 Å². The van der Waals surface area contributed by atoms with Crippen LogP contribution in [0.15, 0.2) is 18.2 Å². The van der Waals surface area contributed by atoms with Crippen molar-refractivity contribution in [3.8, 4) is 0 Å². The fraction of sp³-hybridized carbons (Fsp3) is 0.182. The predicted molar refractivity (Wildman–Crippen MR) is 62.9 cm³/mol. The van der Waals surface area contributed by atoms with E-state index >= 15 is 0 Å². The zero-order chi connectivity index (χ0) is 11.0. The Morgan fingerprint density at radius 3 is 2.80 bits per heavy atom. The van der Waals surface area contributed by atoms with Crippen LogP contribution in [0, 0.1) is 6.92 Å². The third-order valence-corrected chi connectivity index (χ3v) is 3.83. The number of carbonyl (C=O) groups excluding carboxylic acids is 1. The average molecular weight is 241 g/mol. The molecule has 0 aliphatic carbocycles. The Morgan fingerprint density at radius 1 is 1.47 bits per heavy atom. The molecule has 0 atom stereocenters. The molecule has 2 rings (SSSR count). The summed E-state index contributed by atoms with van der Waals surface area (Å²) in [6.07, 6.45) is 0. The van der Waals surface area contributed by atoms with E-state index in [2.05, 4.69) is 0 Å². The summed E-state index contributed by atoms with van der Waals surface area (Å²) in [6.45, 7) is 1.89. The summed E-state index contributed by atoms with van der Waals surface area (Å²) >= 11 is 7.49. The van der Waals surface area contributed by atoms with Gasteiger partial charge >= 0.3 is 5.97 Å². The number of fused-ring (bicyclic) bond motifs is 1. The van der Waals surface area contributed by atoms with E-state index in [1.54, 1.807) is 0 Å². The zero-order valence-electron chi connectivity index (χ0n) is 8.33. The molecule has 2 nitrogen and oxygen atoms in total. The van der Waals surface area contributed by atoms with Gasteiger partial charge in [0, 0.05) is 15.1 Å². The van der Waals surface area contributed by atoms with E-state index in [0.717, 1.165) is 15.6 Å². The summed E-state index contributed by atoms with van der Waals surface area (Å²) in [5.41, 5.74) is 0.896. The number of esters is 1. The fourth-order valence-electron chi connectivity index (χ4n) is 1.54. The number of aryl methyl sites for hydroxylation is 1. The SMILES string of the molecule is COC(=O)c1sc2cccc(Cl)c2c1C. The molecular formula is C11H9ClO2S. The Morgan fingerprint density at radius 2 is 2.20 bits per heavy atom. The van der Waals surface area contributed by atoms with Gasteiger partial charge in [-0.25, -0.2) is 4.79 Å². The van der Waals surface area contributed by atoms with E-state index in [0.29, 0.717) is 9.90 Å². The first-order valence-electron chi connectivity index (χ1n) is 4.41. The second kappa shape index (κ2) is 3.83. The number of rotatable bonds is 1. The van der Waals surface area contributed by atoms with E-state index in [4.69, 9.17) is 16.3 Å². The van der Waals surface area contributed by atoms with Gasteiger partial charge in [0.05, 0.1) is 7.11 Å². The standard InChI is InChI=1S/C11H9ClO2S/c1-6-9-7(12)4-3-5-8(9)15-10(6)11(13)14-2/h3-5H,1-2H3. The van der Waals surface area contributed by atoms with Crippen molar-refractivity contribution in [3.63, 3.8) is 0 Å². The molecule has 0 saturated heterocycles. The molecule has 0 unspecified atom stereocenters. The summed E-state index contributed by atoms with van der Waals surface area (Å²) in [6, 6.07) is 5.65. The number of carbonyl (C=O) groups is 1. The Bertz CT molecular complexity index is 531. The smallest absolute Gasteiger partial charge is 0.348 e. The third kappa shape index (κ3) is 1.62. The third-order valence-electron chi connectivity index (χ3n) is 2.27. The second-order valence-corrected chi connectivity index (χ2v) is 4.62. The molecule has 0 saturated carbocycles. The molecule has 0 aliphatic heterocycles. The van der Waals surface area contributed by atoms with Crippen LogP contribution in [0.5, 0.6) is 0 Å². The minimum Gasteiger partial charge on any atom is -0.465 e. The average Bonchev–Trinajstić information content (AvgIpc) is 2.56. The predicted octanol–water partition coefficient (Wildman–Crippen LogP) is 3.65. The molecule has 0 spiro atoms. The molecular weight excluding hydrogens is 232 g/mol. The molecule has 0 N–H and O–H groups in total. The molecule has 78 valence electrons. The highest BCUT2D eigenvalue weighted by atomic mass is 35.5. The first-order valence-corrected chi connectivity index (χ1v) is 5.60. The molecule has 0 radical (unpaired) electrons. The van der Waals surface area contributed by atoms with Crippen LogP contribution in [-0.2, 0) is 4.74 Å².